The molecule has 0 aliphatic heterocycles. The van der Waals surface area contributed by atoms with Crippen LogP contribution in [0.2, 0.25) is 15.1 Å². The molecule has 0 saturated heterocycles. The molecule has 2 aromatic carbocycles. The van der Waals surface area contributed by atoms with Crippen LogP contribution in [0, 0.1) is 0 Å². The van der Waals surface area contributed by atoms with E-state index in [-0.39, 0.29) is 5.56 Å². The van der Waals surface area contributed by atoms with Gasteiger partial charge in [0.2, 0.25) is 0 Å². The molecule has 8 heteroatoms. The molecule has 0 radical (unpaired) electrons. The second-order valence-electron chi connectivity index (χ2n) is 4.59. The molecule has 2 rings (SSSR count). The van der Waals surface area contributed by atoms with E-state index >= 15 is 0 Å². The van der Waals surface area contributed by atoms with Crippen LogP contribution < -0.4 is 10.1 Å². The largest absolute Gasteiger partial charge is 0.496 e. The van der Waals surface area contributed by atoms with Crippen molar-refractivity contribution in [2.75, 3.05) is 19.0 Å². The Kier molecular flexibility index (Phi) is 6.31. The van der Waals surface area contributed by atoms with Crippen LogP contribution >= 0.6 is 34.8 Å². The number of carbonyl (C=O) groups is 2. The summed E-state index contributed by atoms with van der Waals surface area (Å²) in [6.45, 7) is -0.503. The van der Waals surface area contributed by atoms with Gasteiger partial charge >= 0.3 is 5.97 Å². The Balaban J connectivity index is 2.00. The summed E-state index contributed by atoms with van der Waals surface area (Å²) in [5.74, 6) is -1.00. The van der Waals surface area contributed by atoms with Crippen molar-refractivity contribution in [1.29, 1.82) is 0 Å². The fourth-order valence-corrected chi connectivity index (χ4v) is 2.34. The topological polar surface area (TPSA) is 64.6 Å². The summed E-state index contributed by atoms with van der Waals surface area (Å²) in [5, 5.41) is 3.58. The van der Waals surface area contributed by atoms with Crippen molar-refractivity contribution in [2.45, 2.75) is 0 Å². The van der Waals surface area contributed by atoms with Crippen LogP contribution in [0.15, 0.2) is 36.4 Å². The van der Waals surface area contributed by atoms with Gasteiger partial charge in [0, 0.05) is 10.0 Å². The molecule has 0 heterocycles. The van der Waals surface area contributed by atoms with Gasteiger partial charge in [-0.05, 0) is 36.4 Å². The maximum atomic E-state index is 12.1. The summed E-state index contributed by atoms with van der Waals surface area (Å²) in [6, 6.07) is 9.13. The van der Waals surface area contributed by atoms with E-state index in [0.29, 0.717) is 26.5 Å². The van der Waals surface area contributed by atoms with Crippen molar-refractivity contribution in [3.63, 3.8) is 0 Å². The van der Waals surface area contributed by atoms with Crippen LogP contribution in [-0.2, 0) is 9.53 Å². The summed E-state index contributed by atoms with van der Waals surface area (Å²) >= 11 is 17.6. The predicted molar refractivity (Wildman–Crippen MR) is 93.4 cm³/mol. The zero-order valence-corrected chi connectivity index (χ0v) is 14.7. The third-order valence-electron chi connectivity index (χ3n) is 2.92. The minimum absolute atomic E-state index is 0.124. The molecule has 0 spiro atoms. The van der Waals surface area contributed by atoms with E-state index < -0.39 is 18.5 Å². The Morgan fingerprint density at radius 3 is 2.42 bits per heavy atom. The Morgan fingerprint density at radius 1 is 1.04 bits per heavy atom. The van der Waals surface area contributed by atoms with Crippen LogP contribution in [0.25, 0.3) is 0 Å². The Bertz CT molecular complexity index is 780. The first-order valence-electron chi connectivity index (χ1n) is 6.66. The van der Waals surface area contributed by atoms with Crippen LogP contribution in [0.1, 0.15) is 10.4 Å². The number of methoxy groups -OCH3 is 1. The van der Waals surface area contributed by atoms with E-state index in [4.69, 9.17) is 44.3 Å². The SMILES string of the molecule is COc1ccc(Cl)cc1C(=O)OCC(=O)Nc1cc(Cl)ccc1Cl. The Hall–Kier alpha value is -1.95. The first kappa shape index (κ1) is 18.4. The van der Waals surface area contributed by atoms with Gasteiger partial charge in [-0.2, -0.15) is 0 Å². The first-order valence-corrected chi connectivity index (χ1v) is 7.79. The molecule has 0 fully saturated rings. The van der Waals surface area contributed by atoms with Gasteiger partial charge in [0.1, 0.15) is 11.3 Å². The molecule has 1 N–H and O–H groups in total. The van der Waals surface area contributed by atoms with Gasteiger partial charge in [-0.3, -0.25) is 4.79 Å². The number of esters is 1. The highest BCUT2D eigenvalue weighted by Crippen LogP contribution is 2.26. The standard InChI is InChI=1S/C16H12Cl3NO4/c1-23-14-5-3-9(17)6-11(14)16(22)24-8-15(21)20-13-7-10(18)2-4-12(13)19/h2-7H,8H2,1H3,(H,20,21). The number of halogens is 3. The summed E-state index contributed by atoms with van der Waals surface area (Å²) < 4.78 is 10.0. The number of ether oxygens (including phenoxy) is 2. The number of hydrogen-bond acceptors (Lipinski definition) is 4. The minimum Gasteiger partial charge on any atom is -0.496 e. The molecule has 5 nitrogen and oxygen atoms in total. The molecule has 0 aliphatic rings. The lowest BCUT2D eigenvalue weighted by Crippen LogP contribution is -2.21. The predicted octanol–water partition coefficient (Wildman–Crippen LogP) is 4.45. The average Bonchev–Trinajstić information content (AvgIpc) is 2.56. The number of amides is 1. The molecular weight excluding hydrogens is 377 g/mol. The minimum atomic E-state index is -0.735. The Morgan fingerprint density at radius 2 is 1.71 bits per heavy atom. The second-order valence-corrected chi connectivity index (χ2v) is 5.87. The van der Waals surface area contributed by atoms with E-state index in [1.54, 1.807) is 18.2 Å². The molecule has 24 heavy (non-hydrogen) atoms. The van der Waals surface area contributed by atoms with E-state index in [1.165, 1.54) is 25.3 Å². The quantitative estimate of drug-likeness (QED) is 0.769. The van der Waals surface area contributed by atoms with Crippen LogP contribution in [-0.4, -0.2) is 25.6 Å². The highest BCUT2D eigenvalue weighted by atomic mass is 35.5. The number of nitrogens with one attached hydrogen (secondary N) is 1. The van der Waals surface area contributed by atoms with Crippen LogP contribution in [0.3, 0.4) is 0 Å². The molecule has 0 aromatic heterocycles. The van der Waals surface area contributed by atoms with Crippen molar-refractivity contribution in [1.82, 2.24) is 0 Å². The monoisotopic (exact) mass is 387 g/mol. The zero-order valence-electron chi connectivity index (χ0n) is 12.4. The lowest BCUT2D eigenvalue weighted by atomic mass is 10.2. The molecule has 126 valence electrons. The van der Waals surface area contributed by atoms with Gasteiger partial charge in [-0.25, -0.2) is 4.79 Å². The molecular formula is C16H12Cl3NO4. The maximum Gasteiger partial charge on any atom is 0.342 e. The molecule has 0 unspecified atom stereocenters. The maximum absolute atomic E-state index is 12.1. The summed E-state index contributed by atoms with van der Waals surface area (Å²) in [7, 11) is 1.41. The van der Waals surface area contributed by atoms with Crippen molar-refractivity contribution < 1.29 is 19.1 Å². The van der Waals surface area contributed by atoms with Crippen molar-refractivity contribution in [3.8, 4) is 5.75 Å². The molecule has 2 aromatic rings. The smallest absolute Gasteiger partial charge is 0.342 e. The van der Waals surface area contributed by atoms with Crippen molar-refractivity contribution in [3.05, 3.63) is 57.0 Å². The molecule has 0 aliphatic carbocycles. The van der Waals surface area contributed by atoms with Gasteiger partial charge in [0.15, 0.2) is 6.61 Å². The average molecular weight is 389 g/mol. The van der Waals surface area contributed by atoms with Crippen molar-refractivity contribution >= 4 is 52.4 Å². The fraction of sp³-hybridized carbons (Fsp3) is 0.125. The number of anilines is 1. The summed E-state index contributed by atoms with van der Waals surface area (Å²) in [6.07, 6.45) is 0. The highest BCUT2D eigenvalue weighted by Gasteiger charge is 2.16. The normalized spacial score (nSPS) is 10.2. The van der Waals surface area contributed by atoms with Gasteiger partial charge in [-0.15, -0.1) is 0 Å². The number of rotatable bonds is 5. The van der Waals surface area contributed by atoms with Gasteiger partial charge in [0.25, 0.3) is 5.91 Å². The first-order chi connectivity index (χ1) is 11.4. The van der Waals surface area contributed by atoms with Gasteiger partial charge in [0.05, 0.1) is 17.8 Å². The third-order valence-corrected chi connectivity index (χ3v) is 3.72. The van der Waals surface area contributed by atoms with Crippen molar-refractivity contribution in [2.24, 2.45) is 0 Å². The summed E-state index contributed by atoms with van der Waals surface area (Å²) in [4.78, 5) is 24.0. The second kappa shape index (κ2) is 8.24. The van der Waals surface area contributed by atoms with Crippen LogP contribution in [0.4, 0.5) is 5.69 Å². The lowest BCUT2D eigenvalue weighted by Gasteiger charge is -2.10. The molecule has 0 atom stereocenters. The molecule has 1 amide bonds. The number of hydrogen-bond donors (Lipinski definition) is 1. The molecule has 0 bridgehead atoms. The number of carbonyl (C=O) groups excluding carboxylic acids is 2. The van der Waals surface area contributed by atoms with Crippen LogP contribution in [0.5, 0.6) is 5.75 Å². The van der Waals surface area contributed by atoms with E-state index in [1.807, 2.05) is 0 Å². The lowest BCUT2D eigenvalue weighted by molar-refractivity contribution is -0.119. The zero-order chi connectivity index (χ0) is 17.7. The Labute approximate surface area is 153 Å². The van der Waals surface area contributed by atoms with E-state index in [2.05, 4.69) is 5.32 Å². The van der Waals surface area contributed by atoms with Gasteiger partial charge < -0.3 is 14.8 Å². The molecule has 0 saturated carbocycles. The van der Waals surface area contributed by atoms with Gasteiger partial charge in [-0.1, -0.05) is 34.8 Å². The van der Waals surface area contributed by atoms with E-state index in [9.17, 15) is 9.59 Å². The third kappa shape index (κ3) is 4.77. The number of benzene rings is 2. The fourth-order valence-electron chi connectivity index (χ4n) is 1.83. The summed E-state index contributed by atoms with van der Waals surface area (Å²) in [5.41, 5.74) is 0.448. The van der Waals surface area contributed by atoms with E-state index in [0.717, 1.165) is 0 Å². The highest BCUT2D eigenvalue weighted by molar-refractivity contribution is 6.35.